The zero-order valence-corrected chi connectivity index (χ0v) is 12.4. The Morgan fingerprint density at radius 2 is 1.89 bits per heavy atom. The Labute approximate surface area is 116 Å². The molecule has 0 aromatic rings. The average Bonchev–Trinajstić information content (AvgIpc) is 2.58. The van der Waals surface area contributed by atoms with Crippen LogP contribution in [0.4, 0.5) is 0 Å². The van der Waals surface area contributed by atoms with Crippen molar-refractivity contribution in [3.05, 3.63) is 0 Å². The van der Waals surface area contributed by atoms with Gasteiger partial charge in [-0.25, -0.2) is 0 Å². The highest BCUT2D eigenvalue weighted by molar-refractivity contribution is 5.84. The Morgan fingerprint density at radius 3 is 2.42 bits per heavy atom. The number of nitrogens with two attached hydrogens (primary N) is 2. The van der Waals surface area contributed by atoms with Gasteiger partial charge in [-0.15, -0.1) is 0 Å². The first-order valence-corrected chi connectivity index (χ1v) is 7.44. The molecule has 4 heteroatoms. The van der Waals surface area contributed by atoms with Gasteiger partial charge in [-0.05, 0) is 43.4 Å². The Hall–Kier alpha value is -0.610. The van der Waals surface area contributed by atoms with Gasteiger partial charge in [0, 0.05) is 6.42 Å². The SMILES string of the molecule is CC1CC(OC2CCC(N)(C(N)=O)C2)CC(C)(C)C1. The molecule has 2 aliphatic rings. The van der Waals surface area contributed by atoms with Crippen molar-refractivity contribution in [2.24, 2.45) is 22.8 Å². The van der Waals surface area contributed by atoms with Crippen LogP contribution in [0.1, 0.15) is 59.3 Å². The van der Waals surface area contributed by atoms with Gasteiger partial charge in [0.2, 0.25) is 5.91 Å². The molecule has 110 valence electrons. The van der Waals surface area contributed by atoms with Gasteiger partial charge in [0.05, 0.1) is 17.7 Å². The minimum Gasteiger partial charge on any atom is -0.375 e. The molecule has 0 aromatic carbocycles. The van der Waals surface area contributed by atoms with Crippen LogP contribution in [0.5, 0.6) is 0 Å². The summed E-state index contributed by atoms with van der Waals surface area (Å²) in [5, 5.41) is 0. The third-order valence-electron chi connectivity index (χ3n) is 4.73. The molecule has 2 fully saturated rings. The molecule has 1 amide bonds. The van der Waals surface area contributed by atoms with Crippen LogP contribution < -0.4 is 11.5 Å². The highest BCUT2D eigenvalue weighted by Crippen LogP contribution is 2.41. The van der Waals surface area contributed by atoms with Crippen molar-refractivity contribution in [3.63, 3.8) is 0 Å². The summed E-state index contributed by atoms with van der Waals surface area (Å²) in [7, 11) is 0. The molecule has 4 N–H and O–H groups in total. The number of amides is 1. The second-order valence-electron chi connectivity index (χ2n) is 7.56. The molecule has 0 spiro atoms. The number of primary amides is 1. The van der Waals surface area contributed by atoms with E-state index in [2.05, 4.69) is 20.8 Å². The van der Waals surface area contributed by atoms with Gasteiger partial charge < -0.3 is 16.2 Å². The Morgan fingerprint density at radius 1 is 1.21 bits per heavy atom. The topological polar surface area (TPSA) is 78.3 Å². The van der Waals surface area contributed by atoms with Crippen molar-refractivity contribution in [1.82, 2.24) is 0 Å². The number of hydrogen-bond acceptors (Lipinski definition) is 3. The van der Waals surface area contributed by atoms with Gasteiger partial charge in [-0.2, -0.15) is 0 Å². The van der Waals surface area contributed by atoms with E-state index in [4.69, 9.17) is 16.2 Å². The summed E-state index contributed by atoms with van der Waals surface area (Å²) in [6, 6.07) is 0. The highest BCUT2D eigenvalue weighted by atomic mass is 16.5. The number of hydrogen-bond donors (Lipinski definition) is 2. The summed E-state index contributed by atoms with van der Waals surface area (Å²) in [6.45, 7) is 6.91. The van der Waals surface area contributed by atoms with E-state index in [1.54, 1.807) is 0 Å². The molecule has 19 heavy (non-hydrogen) atoms. The summed E-state index contributed by atoms with van der Waals surface area (Å²) < 4.78 is 6.22. The molecular formula is C15H28N2O2. The van der Waals surface area contributed by atoms with Crippen LogP contribution in [0.25, 0.3) is 0 Å². The lowest BCUT2D eigenvalue weighted by molar-refractivity contribution is -0.123. The second-order valence-corrected chi connectivity index (χ2v) is 7.56. The molecule has 4 unspecified atom stereocenters. The molecule has 0 heterocycles. The van der Waals surface area contributed by atoms with E-state index in [-0.39, 0.29) is 6.10 Å². The van der Waals surface area contributed by atoms with Gasteiger partial charge in [0.1, 0.15) is 0 Å². The molecule has 2 saturated carbocycles. The Balaban J connectivity index is 1.90. The smallest absolute Gasteiger partial charge is 0.237 e. The maximum Gasteiger partial charge on any atom is 0.237 e. The van der Waals surface area contributed by atoms with Crippen molar-refractivity contribution >= 4 is 5.91 Å². The van der Waals surface area contributed by atoms with Crippen LogP contribution in [0.2, 0.25) is 0 Å². The van der Waals surface area contributed by atoms with E-state index in [1.807, 2.05) is 0 Å². The summed E-state index contributed by atoms with van der Waals surface area (Å²) in [5.74, 6) is 0.310. The minimum atomic E-state index is -0.847. The third-order valence-corrected chi connectivity index (χ3v) is 4.73. The first-order valence-electron chi connectivity index (χ1n) is 7.44. The minimum absolute atomic E-state index is 0.101. The number of carbonyl (C=O) groups excluding carboxylic acids is 1. The Bertz CT molecular complexity index is 356. The van der Waals surface area contributed by atoms with Crippen LogP contribution in [-0.4, -0.2) is 23.7 Å². The van der Waals surface area contributed by atoms with E-state index in [1.165, 1.54) is 6.42 Å². The summed E-state index contributed by atoms with van der Waals surface area (Å²) in [4.78, 5) is 11.4. The van der Waals surface area contributed by atoms with Gasteiger partial charge in [0.15, 0.2) is 0 Å². The second kappa shape index (κ2) is 5.06. The monoisotopic (exact) mass is 268 g/mol. The van der Waals surface area contributed by atoms with E-state index >= 15 is 0 Å². The predicted octanol–water partition coefficient (Wildman–Crippen LogP) is 1.95. The lowest BCUT2D eigenvalue weighted by atomic mass is 9.71. The molecule has 0 saturated heterocycles. The van der Waals surface area contributed by atoms with Crippen LogP contribution in [0, 0.1) is 11.3 Å². The molecule has 2 rings (SSSR count). The largest absolute Gasteiger partial charge is 0.375 e. The van der Waals surface area contributed by atoms with Crippen molar-refractivity contribution in [2.75, 3.05) is 0 Å². The number of carbonyl (C=O) groups is 1. The van der Waals surface area contributed by atoms with Crippen molar-refractivity contribution in [1.29, 1.82) is 0 Å². The molecule has 4 nitrogen and oxygen atoms in total. The van der Waals surface area contributed by atoms with Gasteiger partial charge >= 0.3 is 0 Å². The van der Waals surface area contributed by atoms with Crippen molar-refractivity contribution < 1.29 is 9.53 Å². The average molecular weight is 268 g/mol. The zero-order chi connectivity index (χ0) is 14.3. The predicted molar refractivity (Wildman–Crippen MR) is 75.4 cm³/mol. The Kier molecular flexibility index (Phi) is 3.94. The summed E-state index contributed by atoms with van der Waals surface area (Å²) in [6.07, 6.45) is 5.97. The number of ether oxygens (including phenoxy) is 1. The fourth-order valence-electron chi connectivity index (χ4n) is 4.00. The zero-order valence-electron chi connectivity index (χ0n) is 12.4. The van der Waals surface area contributed by atoms with E-state index in [0.29, 0.717) is 30.3 Å². The molecule has 0 radical (unpaired) electrons. The normalized spacial score (nSPS) is 42.2. The highest BCUT2D eigenvalue weighted by Gasteiger charge is 2.43. The molecular weight excluding hydrogens is 240 g/mol. The molecule has 2 aliphatic carbocycles. The fourth-order valence-corrected chi connectivity index (χ4v) is 4.00. The van der Waals surface area contributed by atoms with Crippen molar-refractivity contribution in [3.8, 4) is 0 Å². The molecule has 0 aliphatic heterocycles. The van der Waals surface area contributed by atoms with E-state index in [0.717, 1.165) is 19.3 Å². The van der Waals surface area contributed by atoms with Crippen LogP contribution >= 0.6 is 0 Å². The molecule has 4 atom stereocenters. The summed E-state index contributed by atoms with van der Waals surface area (Å²) >= 11 is 0. The lowest BCUT2D eigenvalue weighted by Gasteiger charge is -2.39. The lowest BCUT2D eigenvalue weighted by Crippen LogP contribution is -2.50. The first-order chi connectivity index (χ1) is 8.70. The molecule has 0 bridgehead atoms. The van der Waals surface area contributed by atoms with Gasteiger partial charge in [-0.3, -0.25) is 4.79 Å². The standard InChI is InChI=1S/C15H28N2O2/c1-10-6-12(8-14(2,3)7-10)19-11-4-5-15(17,9-11)13(16)18/h10-12H,4-9,17H2,1-3H3,(H2,16,18). The van der Waals surface area contributed by atoms with Crippen LogP contribution in [0.15, 0.2) is 0 Å². The van der Waals surface area contributed by atoms with Gasteiger partial charge in [0.25, 0.3) is 0 Å². The molecule has 0 aromatic heterocycles. The fraction of sp³-hybridized carbons (Fsp3) is 0.933. The quantitative estimate of drug-likeness (QED) is 0.821. The number of rotatable bonds is 3. The van der Waals surface area contributed by atoms with Gasteiger partial charge in [-0.1, -0.05) is 20.8 Å². The van der Waals surface area contributed by atoms with Crippen LogP contribution in [0.3, 0.4) is 0 Å². The van der Waals surface area contributed by atoms with Crippen LogP contribution in [-0.2, 0) is 9.53 Å². The van der Waals surface area contributed by atoms with E-state index in [9.17, 15) is 4.79 Å². The van der Waals surface area contributed by atoms with Crippen molar-refractivity contribution in [2.45, 2.75) is 77.0 Å². The summed E-state index contributed by atoms with van der Waals surface area (Å²) in [5.41, 5.74) is 10.9. The first kappa shape index (κ1) is 14.8. The van der Waals surface area contributed by atoms with E-state index < -0.39 is 11.4 Å². The third kappa shape index (κ3) is 3.48. The maximum absolute atomic E-state index is 11.4. The maximum atomic E-state index is 11.4.